The zero-order valence-electron chi connectivity index (χ0n) is 2.44. The molecule has 0 aliphatic carbocycles. The highest BCUT2D eigenvalue weighted by Crippen LogP contribution is 1.75. The molecule has 1 N–H and O–H groups in total. The summed E-state index contributed by atoms with van der Waals surface area (Å²) in [5.41, 5.74) is 0. The average Bonchev–Trinajstić information content (AvgIpc) is 1.38. The maximum Gasteiger partial charge on any atom is 0.313 e. The predicted molar refractivity (Wildman–Crippen MR) is 26.5 cm³/mol. The van der Waals surface area contributed by atoms with Gasteiger partial charge in [0, 0.05) is 0 Å². The Balaban J connectivity index is 2.85. The minimum atomic E-state index is -0.759. The second-order valence-corrected chi connectivity index (χ2v) is 1.29. The van der Waals surface area contributed by atoms with Crippen LogP contribution in [0.25, 0.3) is 0 Å². The first-order chi connectivity index (χ1) is 2.27. The molecule has 0 aliphatic heterocycles. The van der Waals surface area contributed by atoms with Crippen LogP contribution in [0.15, 0.2) is 0 Å². The summed E-state index contributed by atoms with van der Waals surface area (Å²) in [6.45, 7) is 0. The summed E-state index contributed by atoms with van der Waals surface area (Å²) in [4.78, 5) is 9.36. The quantitative estimate of drug-likeness (QED) is 0.478. The van der Waals surface area contributed by atoms with Crippen molar-refractivity contribution in [2.45, 2.75) is 0 Å². The van der Waals surface area contributed by atoms with Crippen molar-refractivity contribution >= 4 is 28.6 Å². The molecule has 0 amide bonds. The van der Waals surface area contributed by atoms with E-state index < -0.39 is 5.97 Å². The van der Waals surface area contributed by atoms with Gasteiger partial charge in [-0.05, 0) is 0 Å². The topological polar surface area (TPSA) is 37.3 Å². The number of hydrogen-bond acceptors (Lipinski definition) is 1. The highest BCUT2D eigenvalue weighted by molar-refractivity contribution is 14.1. The first-order valence-electron chi connectivity index (χ1n) is 1.05. The molecule has 2 nitrogen and oxygen atoms in total. The maximum absolute atomic E-state index is 9.36. The van der Waals surface area contributed by atoms with Crippen LogP contribution in [0.4, 0.5) is 0 Å². The van der Waals surface area contributed by atoms with Crippen molar-refractivity contribution in [1.82, 2.24) is 0 Å². The highest BCUT2D eigenvalue weighted by atomic mass is 127. The van der Waals surface area contributed by atoms with Crippen LogP contribution >= 0.6 is 22.6 Å². The molecule has 0 unspecified atom stereocenters. The van der Waals surface area contributed by atoms with Crippen molar-refractivity contribution in [3.63, 3.8) is 0 Å². The van der Waals surface area contributed by atoms with Crippen LogP contribution in [-0.2, 0) is 4.79 Å². The summed E-state index contributed by atoms with van der Waals surface area (Å²) in [6.07, 6.45) is 0. The Kier molecular flexibility index (Phi) is 2.54. The van der Waals surface area contributed by atoms with Gasteiger partial charge in [-0.2, -0.15) is 0 Å². The van der Waals surface area contributed by atoms with Crippen LogP contribution in [0.3, 0.4) is 0 Å². The molecule has 3 heteroatoms. The molecule has 30 valence electrons. The van der Waals surface area contributed by atoms with E-state index in [2.05, 4.69) is 0 Å². The Hall–Kier alpha value is 0.200. The van der Waals surface area contributed by atoms with Gasteiger partial charge in [-0.15, -0.1) is 0 Å². The van der Waals surface area contributed by atoms with Crippen LogP contribution in [0.2, 0.25) is 0 Å². The SMILES string of the molecule is O=C(O)CI. The summed E-state index contributed by atoms with van der Waals surface area (Å²) in [7, 11) is 0. The van der Waals surface area contributed by atoms with Crippen LogP contribution in [0.1, 0.15) is 0 Å². The first-order valence-corrected chi connectivity index (χ1v) is 2.57. The summed E-state index contributed by atoms with van der Waals surface area (Å²) in [5, 5.41) is 7.71. The molecule has 0 rings (SSSR count). The Labute approximate surface area is 43.3 Å². The van der Waals surface area contributed by atoms with Gasteiger partial charge in [0.1, 0.15) is 0 Å². The monoisotopic (exact) mass is 186 g/mol. The Morgan fingerprint density at radius 2 is 2.20 bits per heavy atom. The Morgan fingerprint density at radius 3 is 2.20 bits per heavy atom. The average molecular weight is 186 g/mol. The molecule has 0 aliphatic rings. The molecular weight excluding hydrogens is 183 g/mol. The van der Waals surface area contributed by atoms with E-state index in [4.69, 9.17) is 5.11 Å². The number of halogens is 1. The number of alkyl halides is 1. The third-order valence-electron chi connectivity index (χ3n) is 0.114. The molecule has 0 aromatic carbocycles. The number of aliphatic carboxylic acids is 1. The maximum atomic E-state index is 9.36. The summed E-state index contributed by atoms with van der Waals surface area (Å²) in [5.74, 6) is -0.759. The molecule has 5 heavy (non-hydrogen) atoms. The zero-order valence-corrected chi connectivity index (χ0v) is 4.60. The lowest BCUT2D eigenvalue weighted by Crippen LogP contribution is -1.91. The molecule has 0 fully saturated rings. The van der Waals surface area contributed by atoms with Gasteiger partial charge in [-0.25, -0.2) is 0 Å². The van der Waals surface area contributed by atoms with Gasteiger partial charge < -0.3 is 5.11 Å². The van der Waals surface area contributed by atoms with Crippen LogP contribution in [0, 0.1) is 0 Å². The van der Waals surface area contributed by atoms with Crippen LogP contribution < -0.4 is 0 Å². The van der Waals surface area contributed by atoms with E-state index in [1.165, 1.54) is 0 Å². The van der Waals surface area contributed by atoms with E-state index in [0.29, 0.717) is 0 Å². The molecule has 0 atom stereocenters. The van der Waals surface area contributed by atoms with E-state index in [-0.39, 0.29) is 4.43 Å². The molecule has 0 saturated carbocycles. The third kappa shape index (κ3) is 4.20. The van der Waals surface area contributed by atoms with E-state index in [1.807, 2.05) is 0 Å². The standard InChI is InChI=1S/C2H3IO2/c3-1-2(4)5/h1H2,(H,4,5). The van der Waals surface area contributed by atoms with Gasteiger partial charge >= 0.3 is 5.97 Å². The van der Waals surface area contributed by atoms with Gasteiger partial charge in [0.05, 0.1) is 4.43 Å². The van der Waals surface area contributed by atoms with Gasteiger partial charge in [0.15, 0.2) is 0 Å². The van der Waals surface area contributed by atoms with Gasteiger partial charge in [-0.3, -0.25) is 4.79 Å². The Morgan fingerprint density at radius 1 is 2.00 bits per heavy atom. The van der Waals surface area contributed by atoms with Crippen LogP contribution in [-0.4, -0.2) is 15.5 Å². The fourth-order valence-corrected chi connectivity index (χ4v) is 0. The molecule has 0 spiro atoms. The van der Waals surface area contributed by atoms with Gasteiger partial charge in [0.2, 0.25) is 0 Å². The summed E-state index contributed by atoms with van der Waals surface area (Å²) >= 11 is 1.78. The number of carboxylic acids is 1. The zero-order chi connectivity index (χ0) is 4.28. The van der Waals surface area contributed by atoms with Crippen molar-refractivity contribution in [2.24, 2.45) is 0 Å². The van der Waals surface area contributed by atoms with Crippen molar-refractivity contribution in [3.05, 3.63) is 0 Å². The lowest BCUT2D eigenvalue weighted by atomic mass is 10.9. The fraction of sp³-hybridized carbons (Fsp3) is 0.500. The van der Waals surface area contributed by atoms with Gasteiger partial charge in [0.25, 0.3) is 0 Å². The summed E-state index contributed by atoms with van der Waals surface area (Å²) < 4.78 is 0.192. The smallest absolute Gasteiger partial charge is 0.313 e. The lowest BCUT2D eigenvalue weighted by Gasteiger charge is -1.70. The van der Waals surface area contributed by atoms with Crippen molar-refractivity contribution in [1.29, 1.82) is 0 Å². The Bertz CT molecular complexity index is 42.9. The molecule has 0 bridgehead atoms. The van der Waals surface area contributed by atoms with Gasteiger partial charge in [-0.1, -0.05) is 22.6 Å². The molecule has 0 aromatic rings. The van der Waals surface area contributed by atoms with Crippen molar-refractivity contribution in [3.8, 4) is 0 Å². The molecular formula is C2H3IO2. The minimum absolute atomic E-state index is 0.192. The second kappa shape index (κ2) is 2.44. The molecule has 0 aromatic heterocycles. The molecule has 0 heterocycles. The van der Waals surface area contributed by atoms with Crippen LogP contribution in [0.5, 0.6) is 0 Å². The normalized spacial score (nSPS) is 7.40. The fourth-order valence-electron chi connectivity index (χ4n) is 0. The molecule has 0 saturated heterocycles. The number of hydrogen-bond donors (Lipinski definition) is 1. The lowest BCUT2D eigenvalue weighted by molar-refractivity contribution is -0.133. The minimum Gasteiger partial charge on any atom is -0.481 e. The highest BCUT2D eigenvalue weighted by Gasteiger charge is 1.82. The van der Waals surface area contributed by atoms with E-state index in [1.54, 1.807) is 22.6 Å². The van der Waals surface area contributed by atoms with E-state index in [0.717, 1.165) is 0 Å². The van der Waals surface area contributed by atoms with E-state index in [9.17, 15) is 4.79 Å². The number of carbonyl (C=O) groups is 1. The largest absolute Gasteiger partial charge is 0.481 e. The molecule has 0 radical (unpaired) electrons. The third-order valence-corrected chi connectivity index (χ3v) is 0.767. The number of rotatable bonds is 1. The second-order valence-electron chi connectivity index (χ2n) is 0.527. The first kappa shape index (κ1) is 5.20. The predicted octanol–water partition coefficient (Wildman–Crippen LogP) is 0.506. The number of carboxylic acid groups (broad SMARTS) is 1. The summed E-state index contributed by atoms with van der Waals surface area (Å²) in [6, 6.07) is 0. The van der Waals surface area contributed by atoms with Crippen molar-refractivity contribution < 1.29 is 9.90 Å². The van der Waals surface area contributed by atoms with E-state index >= 15 is 0 Å². The van der Waals surface area contributed by atoms with Crippen molar-refractivity contribution in [2.75, 3.05) is 4.43 Å².